The van der Waals surface area contributed by atoms with Gasteiger partial charge in [-0.1, -0.05) is 0 Å². The van der Waals surface area contributed by atoms with Crippen LogP contribution in [0, 0.1) is 0 Å². The normalized spacial score (nSPS) is 11.3. The summed E-state index contributed by atoms with van der Waals surface area (Å²) >= 11 is 0. The Morgan fingerprint density at radius 3 is 0.886 bits per heavy atom. The third-order valence-corrected chi connectivity index (χ3v) is 12.7. The summed E-state index contributed by atoms with van der Waals surface area (Å²) in [7, 11) is 11.0. The zero-order valence-electron chi connectivity index (χ0n) is 26.7. The Bertz CT molecular complexity index is 1340. The Balaban J connectivity index is 2.41. The second-order valence-electron chi connectivity index (χ2n) is 9.79. The molecule has 0 radical (unpaired) electrons. The van der Waals surface area contributed by atoms with Gasteiger partial charge in [-0.3, -0.25) is 0 Å². The molecule has 4 rings (SSSR count). The van der Waals surface area contributed by atoms with Crippen molar-refractivity contribution in [3.63, 3.8) is 0 Å². The molecular formula is C34H41O9P. The molecule has 10 heteroatoms. The van der Waals surface area contributed by atoms with E-state index in [2.05, 4.69) is 12.1 Å². The minimum atomic E-state index is -3.58. The fourth-order valence-corrected chi connectivity index (χ4v) is 11.5. The molecule has 44 heavy (non-hydrogen) atoms. The van der Waals surface area contributed by atoms with Crippen LogP contribution < -0.4 is 58.5 Å². The molecule has 9 nitrogen and oxygen atoms in total. The topological polar surface area (TPSA) is 83.1 Å². The summed E-state index contributed by atoms with van der Waals surface area (Å²) in [5.74, 6) is 5.08. The first-order valence-electron chi connectivity index (χ1n) is 13.8. The molecule has 0 amide bonds. The van der Waals surface area contributed by atoms with E-state index in [0.717, 1.165) is 21.5 Å². The molecule has 0 N–H and O–H groups in total. The molecule has 0 saturated carbocycles. The van der Waals surface area contributed by atoms with Gasteiger partial charge >= 0.3 is 260 Å². The molecule has 0 saturated heterocycles. The predicted molar refractivity (Wildman–Crippen MR) is 176 cm³/mol. The van der Waals surface area contributed by atoms with Gasteiger partial charge in [-0.25, -0.2) is 0 Å². The van der Waals surface area contributed by atoms with E-state index in [0.29, 0.717) is 57.9 Å². The van der Waals surface area contributed by atoms with E-state index < -0.39 is 7.26 Å². The quantitative estimate of drug-likeness (QED) is 0.180. The van der Waals surface area contributed by atoms with Crippen molar-refractivity contribution in [2.24, 2.45) is 0 Å². The first-order valence-corrected chi connectivity index (χ1v) is 16.1. The molecule has 0 bridgehead atoms. The summed E-state index contributed by atoms with van der Waals surface area (Å²) in [6, 6.07) is 21.3. The number of benzene rings is 4. The van der Waals surface area contributed by atoms with Crippen LogP contribution in [-0.4, -0.2) is 64.0 Å². The van der Waals surface area contributed by atoms with Crippen LogP contribution in [0.5, 0.6) is 51.7 Å². The van der Waals surface area contributed by atoms with Crippen molar-refractivity contribution in [1.29, 1.82) is 0 Å². The van der Waals surface area contributed by atoms with Crippen molar-refractivity contribution < 1.29 is 42.6 Å². The number of rotatable bonds is 14. The molecule has 0 unspecified atom stereocenters. The number of hydrogen-bond acceptors (Lipinski definition) is 9. The van der Waals surface area contributed by atoms with E-state index in [4.69, 9.17) is 42.6 Å². The van der Waals surface area contributed by atoms with Crippen LogP contribution in [0.4, 0.5) is 0 Å². The average molecular weight is 625 g/mol. The fourth-order valence-electron chi connectivity index (χ4n) is 5.82. The van der Waals surface area contributed by atoms with E-state index in [1.54, 1.807) is 64.0 Å². The first kappa shape index (κ1) is 32.4. The van der Waals surface area contributed by atoms with Crippen molar-refractivity contribution in [3.8, 4) is 51.7 Å². The second kappa shape index (κ2) is 14.3. The van der Waals surface area contributed by atoms with Gasteiger partial charge in [-0.05, 0) is 0 Å². The van der Waals surface area contributed by atoms with E-state index in [9.17, 15) is 0 Å². The fraction of sp³-hybridized carbons (Fsp3) is 0.294. The van der Waals surface area contributed by atoms with Gasteiger partial charge in [0.2, 0.25) is 0 Å². The second-order valence-corrected chi connectivity index (χ2v) is 13.5. The first-order chi connectivity index (χ1) is 21.4. The summed E-state index contributed by atoms with van der Waals surface area (Å²) < 4.78 is 54.0. The van der Waals surface area contributed by atoms with Crippen LogP contribution in [0.15, 0.2) is 66.7 Å². The van der Waals surface area contributed by atoms with Crippen molar-refractivity contribution in [2.75, 3.05) is 64.0 Å². The SMILES string of the molecule is COc1cc(OC)c([PH](Cc2ccccc2)(c2c(OC)cc(OC)cc2OC)c2c(OC)cc(OC)cc2OC)c(OC)c1. The molecule has 236 valence electrons. The van der Waals surface area contributed by atoms with Crippen molar-refractivity contribution >= 4 is 23.2 Å². The monoisotopic (exact) mass is 624 g/mol. The average Bonchev–Trinajstić information content (AvgIpc) is 3.09. The summed E-state index contributed by atoms with van der Waals surface area (Å²) in [5.41, 5.74) is 1.05. The molecule has 0 atom stereocenters. The Kier molecular flexibility index (Phi) is 10.6. The molecule has 0 spiro atoms. The predicted octanol–water partition coefficient (Wildman–Crippen LogP) is 4.99. The van der Waals surface area contributed by atoms with Gasteiger partial charge in [0.25, 0.3) is 0 Å². The Labute approximate surface area is 259 Å². The molecule has 0 heterocycles. The van der Waals surface area contributed by atoms with E-state index in [-0.39, 0.29) is 0 Å². The van der Waals surface area contributed by atoms with E-state index >= 15 is 0 Å². The Morgan fingerprint density at radius 1 is 0.386 bits per heavy atom. The van der Waals surface area contributed by atoms with Gasteiger partial charge in [0, 0.05) is 0 Å². The van der Waals surface area contributed by atoms with Crippen molar-refractivity contribution in [1.82, 2.24) is 0 Å². The summed E-state index contributed by atoms with van der Waals surface area (Å²) in [6.07, 6.45) is 0.505. The Morgan fingerprint density at radius 2 is 0.659 bits per heavy atom. The number of methoxy groups -OCH3 is 9. The van der Waals surface area contributed by atoms with Crippen LogP contribution in [0.3, 0.4) is 0 Å². The van der Waals surface area contributed by atoms with E-state index in [1.807, 2.05) is 54.6 Å². The van der Waals surface area contributed by atoms with Crippen LogP contribution in [-0.2, 0) is 6.16 Å². The maximum atomic E-state index is 6.16. The van der Waals surface area contributed by atoms with Crippen LogP contribution in [0.2, 0.25) is 0 Å². The van der Waals surface area contributed by atoms with Crippen LogP contribution in [0.25, 0.3) is 0 Å². The van der Waals surface area contributed by atoms with Gasteiger partial charge in [-0.2, -0.15) is 0 Å². The van der Waals surface area contributed by atoms with Crippen molar-refractivity contribution in [2.45, 2.75) is 6.16 Å². The minimum absolute atomic E-state index is 0.505. The molecule has 0 aliphatic rings. The molecule has 0 fully saturated rings. The van der Waals surface area contributed by atoms with Gasteiger partial charge in [0.15, 0.2) is 0 Å². The van der Waals surface area contributed by atoms with Crippen LogP contribution >= 0.6 is 7.26 Å². The molecule has 0 aromatic heterocycles. The molecular weight excluding hydrogens is 583 g/mol. The third kappa shape index (κ3) is 5.84. The van der Waals surface area contributed by atoms with E-state index in [1.165, 1.54) is 0 Å². The third-order valence-electron chi connectivity index (χ3n) is 7.74. The number of hydrogen-bond donors (Lipinski definition) is 0. The summed E-state index contributed by atoms with van der Waals surface area (Å²) in [6.45, 7) is 0. The van der Waals surface area contributed by atoms with Crippen LogP contribution in [0.1, 0.15) is 5.56 Å². The standard InChI is InChI=1S/C34H41O9P/c1-35-23-15-26(38-4)32(27(16-23)39-5)44(21-22-13-11-10-12-14-22,33-28(40-6)17-24(36-2)18-29(33)41-7)34-30(42-8)19-25(37-3)20-31(34)43-9/h10-20,44H,21H2,1-9H3. The van der Waals surface area contributed by atoms with Gasteiger partial charge in [0.05, 0.1) is 0 Å². The van der Waals surface area contributed by atoms with Gasteiger partial charge in [-0.15, -0.1) is 0 Å². The maximum absolute atomic E-state index is 6.16. The molecule has 4 aromatic rings. The molecule has 0 aliphatic heterocycles. The summed E-state index contributed by atoms with van der Waals surface area (Å²) in [4.78, 5) is 0. The van der Waals surface area contributed by atoms with Gasteiger partial charge in [0.1, 0.15) is 0 Å². The molecule has 0 aliphatic carbocycles. The Hall–Kier alpha value is -4.49. The van der Waals surface area contributed by atoms with Gasteiger partial charge < -0.3 is 0 Å². The number of ether oxygens (including phenoxy) is 9. The molecule has 4 aromatic carbocycles. The summed E-state index contributed by atoms with van der Waals surface area (Å²) in [5, 5.41) is 2.40. The zero-order valence-corrected chi connectivity index (χ0v) is 27.7. The zero-order chi connectivity index (χ0) is 31.9. The van der Waals surface area contributed by atoms with Crippen molar-refractivity contribution in [3.05, 3.63) is 72.3 Å².